The van der Waals surface area contributed by atoms with Crippen LogP contribution in [-0.2, 0) is 13.6 Å². The second kappa shape index (κ2) is 6.84. The lowest BCUT2D eigenvalue weighted by Crippen LogP contribution is -2.26. The average molecular weight is 341 g/mol. The summed E-state index contributed by atoms with van der Waals surface area (Å²) in [5, 5.41) is 4.80. The lowest BCUT2D eigenvalue weighted by Gasteiger charge is -2.18. The first-order chi connectivity index (χ1) is 11.5. The summed E-state index contributed by atoms with van der Waals surface area (Å²) in [6.45, 7) is 0.440. The molecule has 122 valence electrons. The van der Waals surface area contributed by atoms with Gasteiger partial charge in [0.2, 0.25) is 0 Å². The molecule has 2 aromatic heterocycles. The molecule has 24 heavy (non-hydrogen) atoms. The number of amides is 1. The molecule has 0 unspecified atom stereocenters. The maximum atomic E-state index is 12.7. The second-order valence-electron chi connectivity index (χ2n) is 5.62. The molecule has 6 heteroatoms. The number of carbonyl (C=O) groups is 1. The fourth-order valence-corrected chi connectivity index (χ4v) is 2.65. The first-order valence-corrected chi connectivity index (χ1v) is 7.85. The van der Waals surface area contributed by atoms with E-state index in [1.807, 2.05) is 43.6 Å². The molecule has 0 aliphatic rings. The molecule has 0 fully saturated rings. The van der Waals surface area contributed by atoms with E-state index < -0.39 is 0 Å². The number of hydrogen-bond acceptors (Lipinski definition) is 3. The van der Waals surface area contributed by atoms with Gasteiger partial charge in [-0.25, -0.2) is 0 Å². The van der Waals surface area contributed by atoms with E-state index in [2.05, 4.69) is 10.1 Å². The zero-order valence-corrected chi connectivity index (χ0v) is 14.2. The fourth-order valence-electron chi connectivity index (χ4n) is 2.46. The molecule has 0 radical (unpaired) electrons. The molecule has 0 saturated heterocycles. The number of nitrogens with zero attached hydrogens (tertiary/aromatic N) is 4. The van der Waals surface area contributed by atoms with Gasteiger partial charge in [-0.15, -0.1) is 0 Å². The van der Waals surface area contributed by atoms with Crippen molar-refractivity contribution in [3.8, 4) is 11.1 Å². The van der Waals surface area contributed by atoms with Crippen LogP contribution in [0.15, 0.2) is 55.1 Å². The van der Waals surface area contributed by atoms with Gasteiger partial charge in [0.15, 0.2) is 0 Å². The maximum absolute atomic E-state index is 12.7. The molecule has 3 rings (SSSR count). The number of carbonyl (C=O) groups excluding carboxylic acids is 1. The van der Waals surface area contributed by atoms with Crippen LogP contribution in [0.25, 0.3) is 11.1 Å². The predicted molar refractivity (Wildman–Crippen MR) is 93.7 cm³/mol. The van der Waals surface area contributed by atoms with E-state index in [-0.39, 0.29) is 5.91 Å². The van der Waals surface area contributed by atoms with E-state index in [0.717, 1.165) is 16.7 Å². The Morgan fingerprint density at radius 2 is 2.00 bits per heavy atom. The van der Waals surface area contributed by atoms with Crippen LogP contribution in [0, 0.1) is 0 Å². The Morgan fingerprint density at radius 1 is 1.21 bits per heavy atom. The summed E-state index contributed by atoms with van der Waals surface area (Å²) >= 11 is 6.17. The van der Waals surface area contributed by atoms with Crippen LogP contribution >= 0.6 is 11.6 Å². The fraction of sp³-hybridized carbons (Fsp3) is 0.167. The number of benzene rings is 1. The van der Waals surface area contributed by atoms with Crippen molar-refractivity contribution in [1.29, 1.82) is 0 Å². The molecular formula is C18H17ClN4O. The Balaban J connectivity index is 1.81. The highest BCUT2D eigenvalue weighted by molar-refractivity contribution is 6.31. The maximum Gasteiger partial charge on any atom is 0.255 e. The van der Waals surface area contributed by atoms with Gasteiger partial charge in [-0.05, 0) is 17.7 Å². The lowest BCUT2D eigenvalue weighted by molar-refractivity contribution is 0.0785. The minimum Gasteiger partial charge on any atom is -0.337 e. The van der Waals surface area contributed by atoms with Gasteiger partial charge < -0.3 is 4.90 Å². The first kappa shape index (κ1) is 16.2. The summed E-state index contributed by atoms with van der Waals surface area (Å²) < 4.78 is 1.72. The van der Waals surface area contributed by atoms with Crippen LogP contribution in [0.2, 0.25) is 5.02 Å². The van der Waals surface area contributed by atoms with Crippen molar-refractivity contribution in [2.24, 2.45) is 7.05 Å². The Labute approximate surface area is 145 Å². The molecule has 0 N–H and O–H groups in total. The molecule has 0 atom stereocenters. The third kappa shape index (κ3) is 3.46. The average Bonchev–Trinajstić information content (AvgIpc) is 3.03. The zero-order chi connectivity index (χ0) is 17.1. The minimum absolute atomic E-state index is 0.104. The summed E-state index contributed by atoms with van der Waals surface area (Å²) in [6.07, 6.45) is 6.94. The number of pyridine rings is 1. The van der Waals surface area contributed by atoms with Crippen LogP contribution in [-0.4, -0.2) is 32.6 Å². The van der Waals surface area contributed by atoms with Crippen molar-refractivity contribution in [2.45, 2.75) is 6.54 Å². The van der Waals surface area contributed by atoms with Crippen LogP contribution < -0.4 is 0 Å². The number of halogens is 1. The van der Waals surface area contributed by atoms with Gasteiger partial charge in [-0.2, -0.15) is 5.10 Å². The van der Waals surface area contributed by atoms with Crippen LogP contribution in [0.5, 0.6) is 0 Å². The van der Waals surface area contributed by atoms with Crippen molar-refractivity contribution < 1.29 is 4.79 Å². The van der Waals surface area contributed by atoms with Crippen LogP contribution in [0.3, 0.4) is 0 Å². The number of hydrogen-bond donors (Lipinski definition) is 0. The molecule has 2 heterocycles. The van der Waals surface area contributed by atoms with E-state index in [1.165, 1.54) is 0 Å². The summed E-state index contributed by atoms with van der Waals surface area (Å²) in [5.41, 5.74) is 3.23. The molecule has 0 aliphatic heterocycles. The van der Waals surface area contributed by atoms with Crippen molar-refractivity contribution in [1.82, 2.24) is 19.7 Å². The summed E-state index contributed by atoms with van der Waals surface area (Å²) in [4.78, 5) is 18.5. The smallest absolute Gasteiger partial charge is 0.255 e. The van der Waals surface area contributed by atoms with Gasteiger partial charge >= 0.3 is 0 Å². The lowest BCUT2D eigenvalue weighted by atomic mass is 10.1. The van der Waals surface area contributed by atoms with Gasteiger partial charge in [0.1, 0.15) is 0 Å². The van der Waals surface area contributed by atoms with E-state index >= 15 is 0 Å². The zero-order valence-electron chi connectivity index (χ0n) is 13.5. The minimum atomic E-state index is -0.104. The van der Waals surface area contributed by atoms with E-state index in [0.29, 0.717) is 17.1 Å². The molecule has 5 nitrogen and oxygen atoms in total. The largest absolute Gasteiger partial charge is 0.337 e. The third-order valence-electron chi connectivity index (χ3n) is 3.74. The van der Waals surface area contributed by atoms with E-state index in [1.54, 1.807) is 35.2 Å². The Morgan fingerprint density at radius 3 is 2.71 bits per heavy atom. The Hall–Kier alpha value is -2.66. The highest BCUT2D eigenvalue weighted by atomic mass is 35.5. The number of rotatable bonds is 4. The van der Waals surface area contributed by atoms with Gasteiger partial charge in [0.25, 0.3) is 5.91 Å². The van der Waals surface area contributed by atoms with Crippen LogP contribution in [0.1, 0.15) is 15.9 Å². The molecule has 0 spiro atoms. The molecule has 0 aliphatic carbocycles. The second-order valence-corrected chi connectivity index (χ2v) is 6.02. The van der Waals surface area contributed by atoms with Crippen LogP contribution in [0.4, 0.5) is 0 Å². The molecular weight excluding hydrogens is 324 g/mol. The van der Waals surface area contributed by atoms with E-state index in [4.69, 9.17) is 11.6 Å². The highest BCUT2D eigenvalue weighted by Crippen LogP contribution is 2.20. The molecule has 1 aromatic carbocycles. The van der Waals surface area contributed by atoms with Crippen molar-refractivity contribution >= 4 is 17.5 Å². The monoisotopic (exact) mass is 340 g/mol. The number of aryl methyl sites for hydroxylation is 1. The van der Waals surface area contributed by atoms with Crippen molar-refractivity contribution in [3.05, 3.63) is 71.3 Å². The molecule has 1 amide bonds. The summed E-state index contributed by atoms with van der Waals surface area (Å²) in [7, 11) is 3.60. The molecule has 0 bridgehead atoms. The normalized spacial score (nSPS) is 10.6. The van der Waals surface area contributed by atoms with Gasteiger partial charge in [-0.1, -0.05) is 29.8 Å². The Bertz CT molecular complexity index is 875. The predicted octanol–water partition coefficient (Wildman–Crippen LogP) is 3.41. The SMILES string of the molecule is CN(Cc1ccccc1Cl)C(=O)c1cncc(-c2cnn(C)c2)c1. The van der Waals surface area contributed by atoms with Gasteiger partial charge in [0, 0.05) is 55.4 Å². The molecule has 3 aromatic rings. The van der Waals surface area contributed by atoms with Crippen molar-refractivity contribution in [2.75, 3.05) is 7.05 Å². The molecule has 0 saturated carbocycles. The van der Waals surface area contributed by atoms with Gasteiger partial charge in [-0.3, -0.25) is 14.5 Å². The van der Waals surface area contributed by atoms with E-state index in [9.17, 15) is 4.79 Å². The standard InChI is InChI=1S/C18H17ClN4O/c1-22(11-13-5-3-4-6-17(13)19)18(24)15-7-14(8-20-9-15)16-10-21-23(2)12-16/h3-10,12H,11H2,1-2H3. The topological polar surface area (TPSA) is 51.0 Å². The summed E-state index contributed by atoms with van der Waals surface area (Å²) in [6, 6.07) is 9.34. The quantitative estimate of drug-likeness (QED) is 0.731. The first-order valence-electron chi connectivity index (χ1n) is 7.47. The third-order valence-corrected chi connectivity index (χ3v) is 4.10. The highest BCUT2D eigenvalue weighted by Gasteiger charge is 2.15. The number of aromatic nitrogens is 3. The Kier molecular flexibility index (Phi) is 4.62. The van der Waals surface area contributed by atoms with Gasteiger partial charge in [0.05, 0.1) is 11.8 Å². The van der Waals surface area contributed by atoms with Crippen molar-refractivity contribution in [3.63, 3.8) is 0 Å². The summed E-state index contributed by atoms with van der Waals surface area (Å²) in [5.74, 6) is -0.104.